The van der Waals surface area contributed by atoms with Gasteiger partial charge in [-0.05, 0) is 11.1 Å². The molecule has 8 atom stereocenters. The zero-order valence-electron chi connectivity index (χ0n) is 16.3. The lowest BCUT2D eigenvalue weighted by atomic mass is 9.57. The number of alkyl halides is 8. The van der Waals surface area contributed by atoms with Crippen molar-refractivity contribution in [1.82, 2.24) is 0 Å². The average Bonchev–Trinajstić information content (AvgIpc) is 3.13. The predicted molar refractivity (Wildman–Crippen MR) is 146 cm³/mol. The molecule has 3 nitrogen and oxygen atoms in total. The summed E-state index contributed by atoms with van der Waals surface area (Å²) in [6, 6.07) is 4.20. The van der Waals surface area contributed by atoms with Crippen molar-refractivity contribution in [2.45, 2.75) is 40.0 Å². The Hall–Kier alpha value is 1.58. The molecular weight excluding hydrogens is 712 g/mol. The van der Waals surface area contributed by atoms with E-state index in [1.807, 2.05) is 0 Å². The fraction of sp³-hybridized carbons (Fsp3) is 0.500. The molecular formula is C20H7Cl12NO2. The normalized spacial score (nSPS) is 47.8. The molecule has 0 saturated heterocycles. The number of nitro benzene ring substituents is 1. The molecule has 2 saturated carbocycles. The van der Waals surface area contributed by atoms with Gasteiger partial charge < -0.3 is 0 Å². The Morgan fingerprint density at radius 1 is 0.629 bits per heavy atom. The molecule has 0 amide bonds. The van der Waals surface area contributed by atoms with Crippen LogP contribution in [0.15, 0.2) is 38.3 Å². The zero-order valence-corrected chi connectivity index (χ0v) is 25.4. The van der Waals surface area contributed by atoms with Crippen LogP contribution in [0.5, 0.6) is 0 Å². The molecule has 0 spiro atoms. The number of hydrogen-bond donors (Lipinski definition) is 0. The Morgan fingerprint density at radius 2 is 1.00 bits per heavy atom. The van der Waals surface area contributed by atoms with E-state index in [0.717, 1.165) is 0 Å². The van der Waals surface area contributed by atoms with E-state index in [1.165, 1.54) is 18.2 Å². The summed E-state index contributed by atoms with van der Waals surface area (Å²) < 4.78 is -3.93. The highest BCUT2D eigenvalue weighted by molar-refractivity contribution is 6.67. The lowest BCUT2D eigenvalue weighted by Crippen LogP contribution is -2.53. The average molecular weight is 719 g/mol. The standard InChI is InChI=1S/C20H7Cl12NO2/c21-11-13(23)17(27)9-7(15(11,25)19(17,29)30)5-2-1-4(33(34)35)3-6(5)8-10(9)18(28)14(24)12(22)16(8,26)20(18,31)32/h1-3,7-10H/t7-,8-,9+,10-,15+,16+,17-,18-/m1/s1. The van der Waals surface area contributed by atoms with Gasteiger partial charge in [0.2, 0.25) is 0 Å². The van der Waals surface area contributed by atoms with E-state index >= 15 is 0 Å². The Kier molecular flexibility index (Phi) is 5.55. The van der Waals surface area contributed by atoms with Gasteiger partial charge in [0.1, 0.15) is 19.5 Å². The molecule has 4 bridgehead atoms. The first-order valence-electron chi connectivity index (χ1n) is 9.83. The Labute approximate surface area is 258 Å². The van der Waals surface area contributed by atoms with Crippen LogP contribution in [0.25, 0.3) is 0 Å². The van der Waals surface area contributed by atoms with Gasteiger partial charge in [-0.25, -0.2) is 0 Å². The van der Waals surface area contributed by atoms with Gasteiger partial charge in [0.15, 0.2) is 8.67 Å². The summed E-state index contributed by atoms with van der Waals surface area (Å²) in [6.45, 7) is 0. The first kappa shape index (κ1) is 26.8. The van der Waals surface area contributed by atoms with Crippen molar-refractivity contribution in [3.8, 4) is 0 Å². The number of non-ortho nitro benzene ring substituents is 1. The minimum atomic E-state index is -1.99. The van der Waals surface area contributed by atoms with Crippen LogP contribution < -0.4 is 0 Å². The first-order valence-corrected chi connectivity index (χ1v) is 14.4. The van der Waals surface area contributed by atoms with Crippen LogP contribution in [0, 0.1) is 22.0 Å². The fourth-order valence-electron chi connectivity index (χ4n) is 7.00. The molecule has 0 heterocycles. The van der Waals surface area contributed by atoms with Crippen LogP contribution in [0.1, 0.15) is 23.0 Å². The largest absolute Gasteiger partial charge is 0.269 e. The third kappa shape index (κ3) is 2.35. The molecule has 1 aromatic carbocycles. The summed E-state index contributed by atoms with van der Waals surface area (Å²) in [5.74, 6) is -3.52. The van der Waals surface area contributed by atoms with Crippen molar-refractivity contribution < 1.29 is 4.92 Å². The van der Waals surface area contributed by atoms with Crippen LogP contribution in [-0.2, 0) is 0 Å². The SMILES string of the molecule is O=[N+]([O-])c1ccc2c(c1)[C@@H]1[C@H]([C@@H]3[C@@H]2[C@]2(Cl)C(Cl)=C(Cl)[C@@]3(Cl)C2(Cl)Cl)[C@@]2(Cl)C(Cl)=C(Cl)[C@]1(Cl)C2(Cl)Cl. The Morgan fingerprint density at radius 3 is 1.40 bits per heavy atom. The van der Waals surface area contributed by atoms with Gasteiger partial charge in [0.05, 0.1) is 25.1 Å². The quantitative estimate of drug-likeness (QED) is 0.165. The molecule has 15 heteroatoms. The monoisotopic (exact) mass is 713 g/mol. The van der Waals surface area contributed by atoms with Gasteiger partial charge in [-0.2, -0.15) is 0 Å². The molecule has 5 aliphatic carbocycles. The molecule has 0 N–H and O–H groups in total. The number of nitro groups is 1. The van der Waals surface area contributed by atoms with Crippen molar-refractivity contribution >= 4 is 145 Å². The summed E-state index contributed by atoms with van der Waals surface area (Å²) in [5.41, 5.74) is 0.669. The van der Waals surface area contributed by atoms with Crippen LogP contribution in [-0.4, -0.2) is 33.1 Å². The molecule has 35 heavy (non-hydrogen) atoms. The molecule has 6 rings (SSSR count). The highest BCUT2D eigenvalue weighted by Crippen LogP contribution is 2.88. The number of nitrogens with zero attached hydrogens (tertiary/aromatic N) is 1. The number of fused-ring (bicyclic) bond motifs is 14. The molecule has 2 fully saturated rings. The van der Waals surface area contributed by atoms with Gasteiger partial charge in [0.25, 0.3) is 5.69 Å². The maximum absolute atomic E-state index is 11.7. The Balaban J connectivity index is 1.79. The molecule has 188 valence electrons. The first-order chi connectivity index (χ1) is 15.9. The third-order valence-corrected chi connectivity index (χ3v) is 16.9. The van der Waals surface area contributed by atoms with E-state index in [4.69, 9.17) is 139 Å². The smallest absolute Gasteiger partial charge is 0.258 e. The number of rotatable bonds is 1. The van der Waals surface area contributed by atoms with Gasteiger partial charge >= 0.3 is 0 Å². The second-order valence-corrected chi connectivity index (χ2v) is 15.9. The van der Waals surface area contributed by atoms with Crippen molar-refractivity contribution in [3.05, 3.63) is 59.6 Å². The van der Waals surface area contributed by atoms with Crippen molar-refractivity contribution in [3.63, 3.8) is 0 Å². The minimum Gasteiger partial charge on any atom is -0.258 e. The summed E-state index contributed by atoms with van der Waals surface area (Å²) in [5, 5.41) is 11.4. The van der Waals surface area contributed by atoms with E-state index in [-0.39, 0.29) is 25.8 Å². The van der Waals surface area contributed by atoms with Crippen molar-refractivity contribution in [1.29, 1.82) is 0 Å². The highest BCUT2D eigenvalue weighted by atomic mass is 35.5. The topological polar surface area (TPSA) is 43.1 Å². The second kappa shape index (κ2) is 7.25. The minimum absolute atomic E-state index is 0.0418. The Bertz CT molecular complexity index is 1340. The van der Waals surface area contributed by atoms with Gasteiger partial charge in [-0.3, -0.25) is 10.1 Å². The third-order valence-electron chi connectivity index (χ3n) is 8.32. The van der Waals surface area contributed by atoms with Crippen LogP contribution >= 0.6 is 139 Å². The molecule has 0 aliphatic heterocycles. The lowest BCUT2D eigenvalue weighted by Gasteiger charge is -2.52. The van der Waals surface area contributed by atoms with Crippen molar-refractivity contribution in [2.24, 2.45) is 11.8 Å². The number of allylic oxidation sites excluding steroid dienone is 4. The second-order valence-electron chi connectivity index (χ2n) is 9.33. The zero-order chi connectivity index (χ0) is 26.0. The molecule has 5 aliphatic rings. The van der Waals surface area contributed by atoms with E-state index in [2.05, 4.69) is 0 Å². The molecule has 0 radical (unpaired) electrons. The van der Waals surface area contributed by atoms with Crippen molar-refractivity contribution in [2.75, 3.05) is 0 Å². The molecule has 1 aromatic rings. The molecule has 0 aromatic heterocycles. The molecule has 0 unspecified atom stereocenters. The fourth-order valence-corrected chi connectivity index (χ4v) is 13.1. The predicted octanol–water partition coefficient (Wildman–Crippen LogP) is 9.70. The summed E-state index contributed by atoms with van der Waals surface area (Å²) in [4.78, 5) is 4.05. The number of benzene rings is 1. The number of halogens is 12. The summed E-state index contributed by atoms with van der Waals surface area (Å²) in [7, 11) is 0. The maximum Gasteiger partial charge on any atom is 0.269 e. The highest BCUT2D eigenvalue weighted by Gasteiger charge is 2.91. The summed E-state index contributed by atoms with van der Waals surface area (Å²) >= 11 is 82.9. The van der Waals surface area contributed by atoms with E-state index in [1.54, 1.807) is 0 Å². The van der Waals surface area contributed by atoms with Gasteiger partial charge in [0, 0.05) is 35.8 Å². The lowest BCUT2D eigenvalue weighted by molar-refractivity contribution is -0.385. The van der Waals surface area contributed by atoms with Crippen LogP contribution in [0.4, 0.5) is 5.69 Å². The van der Waals surface area contributed by atoms with Gasteiger partial charge in [-0.15, -0.1) is 46.4 Å². The van der Waals surface area contributed by atoms with E-state index < -0.39 is 56.8 Å². The van der Waals surface area contributed by atoms with E-state index in [9.17, 15) is 10.1 Å². The van der Waals surface area contributed by atoms with Gasteiger partial charge in [-0.1, -0.05) is 98.9 Å². The maximum atomic E-state index is 11.7. The van der Waals surface area contributed by atoms with E-state index in [0.29, 0.717) is 11.1 Å². The van der Waals surface area contributed by atoms with Crippen LogP contribution in [0.2, 0.25) is 0 Å². The summed E-state index contributed by atoms with van der Waals surface area (Å²) in [6.07, 6.45) is 0. The number of hydrogen-bond acceptors (Lipinski definition) is 2. The van der Waals surface area contributed by atoms with Crippen LogP contribution in [0.3, 0.4) is 0 Å².